The molecule has 0 bridgehead atoms. The van der Waals surface area contributed by atoms with Crippen LogP contribution in [0.5, 0.6) is 17.4 Å². The quantitative estimate of drug-likeness (QED) is 0.439. The van der Waals surface area contributed by atoms with Crippen molar-refractivity contribution in [3.05, 3.63) is 53.6 Å². The molecule has 35 heavy (non-hydrogen) atoms. The zero-order chi connectivity index (χ0) is 25.3. The number of carbonyl (C=O) groups is 1. The van der Waals surface area contributed by atoms with Crippen molar-refractivity contribution in [3.63, 3.8) is 0 Å². The van der Waals surface area contributed by atoms with Crippen molar-refractivity contribution in [2.75, 3.05) is 40.2 Å². The standard InChI is InChI=1S/C24H23F2N5O4/c1-5-18(32)30-9-8-13(12-30)24-29-15(22-23(27)28-11-19(35-4)31(22)24)7-6-14-20(25)16(33-2)10-17(34-3)21(14)26/h5,10-11,13H,1,8-9,12H2,2-4H3,(H2,27,28)/t13-/m0/s1. The van der Waals surface area contributed by atoms with E-state index >= 15 is 0 Å². The van der Waals surface area contributed by atoms with Gasteiger partial charge in [-0.15, -0.1) is 0 Å². The number of aromatic nitrogens is 3. The number of nitrogen functional groups attached to an aromatic ring is 1. The van der Waals surface area contributed by atoms with Crippen LogP contribution in [0.25, 0.3) is 5.52 Å². The molecule has 0 saturated carbocycles. The Balaban J connectivity index is 1.89. The lowest BCUT2D eigenvalue weighted by molar-refractivity contribution is -0.125. The summed E-state index contributed by atoms with van der Waals surface area (Å²) in [7, 11) is 3.98. The van der Waals surface area contributed by atoms with Gasteiger partial charge in [0.2, 0.25) is 11.8 Å². The molecule has 11 heteroatoms. The van der Waals surface area contributed by atoms with Gasteiger partial charge in [-0.05, 0) is 18.4 Å². The molecule has 0 unspecified atom stereocenters. The highest BCUT2D eigenvalue weighted by atomic mass is 19.1. The third-order valence-electron chi connectivity index (χ3n) is 5.81. The summed E-state index contributed by atoms with van der Waals surface area (Å²) in [4.78, 5) is 22.5. The first-order chi connectivity index (χ1) is 16.8. The van der Waals surface area contributed by atoms with E-state index in [1.165, 1.54) is 33.6 Å². The number of carbonyl (C=O) groups excluding carboxylic acids is 1. The molecule has 3 heterocycles. The molecule has 4 rings (SSSR count). The fraction of sp³-hybridized carbons (Fsp3) is 0.292. The van der Waals surface area contributed by atoms with Crippen LogP contribution >= 0.6 is 0 Å². The largest absolute Gasteiger partial charge is 0.493 e. The maximum absolute atomic E-state index is 14.8. The van der Waals surface area contributed by atoms with Gasteiger partial charge in [-0.1, -0.05) is 12.5 Å². The zero-order valence-electron chi connectivity index (χ0n) is 19.4. The maximum atomic E-state index is 14.8. The molecule has 0 radical (unpaired) electrons. The monoisotopic (exact) mass is 483 g/mol. The maximum Gasteiger partial charge on any atom is 0.245 e. The molecule has 2 N–H and O–H groups in total. The predicted octanol–water partition coefficient (Wildman–Crippen LogP) is 2.52. The predicted molar refractivity (Wildman–Crippen MR) is 124 cm³/mol. The van der Waals surface area contributed by atoms with Crippen LogP contribution < -0.4 is 19.9 Å². The van der Waals surface area contributed by atoms with Crippen molar-refractivity contribution >= 4 is 17.2 Å². The Morgan fingerprint density at radius 3 is 2.49 bits per heavy atom. The Morgan fingerprint density at radius 1 is 1.20 bits per heavy atom. The third kappa shape index (κ3) is 4.07. The number of halogens is 2. The third-order valence-corrected chi connectivity index (χ3v) is 5.81. The van der Waals surface area contributed by atoms with Gasteiger partial charge in [0.25, 0.3) is 0 Å². The molecule has 1 saturated heterocycles. The molecule has 1 aliphatic heterocycles. The van der Waals surface area contributed by atoms with E-state index in [2.05, 4.69) is 28.4 Å². The van der Waals surface area contributed by atoms with Crippen LogP contribution in [0.1, 0.15) is 29.4 Å². The molecule has 1 amide bonds. The fourth-order valence-electron chi connectivity index (χ4n) is 4.06. The summed E-state index contributed by atoms with van der Waals surface area (Å²) in [6.07, 6.45) is 3.34. The van der Waals surface area contributed by atoms with Crippen LogP contribution in [-0.2, 0) is 4.79 Å². The van der Waals surface area contributed by atoms with E-state index in [0.29, 0.717) is 36.7 Å². The summed E-state index contributed by atoms with van der Waals surface area (Å²) < 4.78 is 46.7. The highest BCUT2D eigenvalue weighted by Gasteiger charge is 2.31. The highest BCUT2D eigenvalue weighted by Crippen LogP contribution is 2.34. The van der Waals surface area contributed by atoms with Crippen LogP contribution in [0.2, 0.25) is 0 Å². The molecule has 0 spiro atoms. The number of benzene rings is 1. The van der Waals surface area contributed by atoms with Crippen LogP contribution in [0.15, 0.2) is 24.9 Å². The summed E-state index contributed by atoms with van der Waals surface area (Å²) in [5.41, 5.74) is 6.09. The van der Waals surface area contributed by atoms with E-state index in [9.17, 15) is 13.6 Å². The number of methoxy groups -OCH3 is 3. The molecule has 1 aliphatic rings. The van der Waals surface area contributed by atoms with Gasteiger partial charge in [-0.3, -0.25) is 9.20 Å². The second-order valence-corrected chi connectivity index (χ2v) is 7.70. The van der Waals surface area contributed by atoms with Gasteiger partial charge < -0.3 is 24.8 Å². The second kappa shape index (κ2) is 9.50. The van der Waals surface area contributed by atoms with Crippen LogP contribution in [-0.4, -0.2) is 59.6 Å². The number of fused-ring (bicyclic) bond motifs is 1. The molecule has 3 aromatic rings. The summed E-state index contributed by atoms with van der Waals surface area (Å²) >= 11 is 0. The number of rotatable bonds is 5. The Kier molecular flexibility index (Phi) is 6.46. The lowest BCUT2D eigenvalue weighted by Crippen LogP contribution is -2.26. The van der Waals surface area contributed by atoms with E-state index in [4.69, 9.17) is 19.9 Å². The van der Waals surface area contributed by atoms with Gasteiger partial charge in [0.15, 0.2) is 29.0 Å². The first-order valence-corrected chi connectivity index (χ1v) is 10.6. The number of anilines is 1. The van der Waals surface area contributed by atoms with Crippen LogP contribution in [0.3, 0.4) is 0 Å². The Hall–Kier alpha value is -4.33. The minimum atomic E-state index is -0.972. The summed E-state index contributed by atoms with van der Waals surface area (Å²) in [5.74, 6) is 3.50. The minimum absolute atomic E-state index is 0.107. The van der Waals surface area contributed by atoms with Gasteiger partial charge in [-0.25, -0.2) is 18.7 Å². The molecule has 2 aromatic heterocycles. The summed E-state index contributed by atoms with van der Waals surface area (Å²) in [5, 5.41) is 0. The molecular formula is C24H23F2N5O4. The first kappa shape index (κ1) is 23.8. The molecule has 1 atom stereocenters. The average Bonchev–Trinajstić information content (AvgIpc) is 3.50. The van der Waals surface area contributed by atoms with E-state index < -0.39 is 17.2 Å². The minimum Gasteiger partial charge on any atom is -0.493 e. The number of nitrogens with two attached hydrogens (primary N) is 1. The topological polar surface area (TPSA) is 104 Å². The van der Waals surface area contributed by atoms with E-state index in [1.54, 1.807) is 9.30 Å². The number of hydrogen-bond acceptors (Lipinski definition) is 7. The molecule has 1 fully saturated rings. The molecular weight excluding hydrogens is 460 g/mol. The van der Waals surface area contributed by atoms with Crippen molar-refractivity contribution in [1.82, 2.24) is 19.3 Å². The van der Waals surface area contributed by atoms with Crippen molar-refractivity contribution in [1.29, 1.82) is 0 Å². The summed E-state index contributed by atoms with van der Waals surface area (Å²) in [6, 6.07) is 1.10. The average molecular weight is 483 g/mol. The number of hydrogen-bond donors (Lipinski definition) is 1. The highest BCUT2D eigenvalue weighted by molar-refractivity contribution is 5.87. The van der Waals surface area contributed by atoms with Gasteiger partial charge >= 0.3 is 0 Å². The van der Waals surface area contributed by atoms with Gasteiger partial charge in [0, 0.05) is 25.1 Å². The van der Waals surface area contributed by atoms with Gasteiger partial charge in [0.05, 0.1) is 27.5 Å². The second-order valence-electron chi connectivity index (χ2n) is 7.70. The van der Waals surface area contributed by atoms with Crippen LogP contribution in [0.4, 0.5) is 14.6 Å². The number of amides is 1. The smallest absolute Gasteiger partial charge is 0.245 e. The first-order valence-electron chi connectivity index (χ1n) is 10.6. The number of likely N-dealkylation sites (tertiary alicyclic amines) is 1. The zero-order valence-corrected chi connectivity index (χ0v) is 19.4. The van der Waals surface area contributed by atoms with E-state index in [0.717, 1.165) is 6.07 Å². The van der Waals surface area contributed by atoms with Crippen molar-refractivity contribution in [2.45, 2.75) is 12.3 Å². The lowest BCUT2D eigenvalue weighted by atomic mass is 10.1. The number of imidazole rings is 1. The lowest BCUT2D eigenvalue weighted by Gasteiger charge is -2.14. The molecule has 182 valence electrons. The summed E-state index contributed by atoms with van der Waals surface area (Å²) in [6.45, 7) is 4.46. The van der Waals surface area contributed by atoms with Crippen molar-refractivity contribution < 1.29 is 27.8 Å². The SMILES string of the molecule is C=CC(=O)N1CC[C@H](c2nc(C#Cc3c(F)c(OC)cc(OC)c3F)c3c(N)ncc(OC)n23)C1. The van der Waals surface area contributed by atoms with Gasteiger partial charge in [0.1, 0.15) is 22.6 Å². The number of ether oxygens (including phenoxy) is 3. The van der Waals surface area contributed by atoms with Crippen LogP contribution in [0, 0.1) is 23.5 Å². The van der Waals surface area contributed by atoms with E-state index in [-0.39, 0.29) is 34.8 Å². The molecule has 9 nitrogen and oxygen atoms in total. The Bertz CT molecular complexity index is 1360. The van der Waals surface area contributed by atoms with E-state index in [1.807, 2.05) is 0 Å². The fourth-order valence-corrected chi connectivity index (χ4v) is 4.06. The van der Waals surface area contributed by atoms with Gasteiger partial charge in [-0.2, -0.15) is 0 Å². The Morgan fingerprint density at radius 2 is 1.89 bits per heavy atom. The molecule has 0 aliphatic carbocycles. The Labute approximate surface area is 200 Å². The number of nitrogens with zero attached hydrogens (tertiary/aromatic N) is 4. The van der Waals surface area contributed by atoms with Crippen molar-refractivity contribution in [2.24, 2.45) is 0 Å². The molecule has 1 aromatic carbocycles. The normalized spacial score (nSPS) is 15.0. The van der Waals surface area contributed by atoms with Crippen molar-refractivity contribution in [3.8, 4) is 29.2 Å².